The lowest BCUT2D eigenvalue weighted by molar-refractivity contribution is 1.16. The van der Waals surface area contributed by atoms with Crippen LogP contribution in [0.5, 0.6) is 0 Å². The van der Waals surface area contributed by atoms with E-state index in [-0.39, 0.29) is 0 Å². The Balaban J connectivity index is 1.92. The third kappa shape index (κ3) is 2.90. The van der Waals surface area contributed by atoms with E-state index < -0.39 is 0 Å². The SMILES string of the molecule is c1ccc(-c2cc(-c3cccnc3)nc(-c3cccnc3)n2)cc1. The van der Waals surface area contributed by atoms with Gasteiger partial charge < -0.3 is 0 Å². The number of benzene rings is 1. The normalized spacial score (nSPS) is 10.5. The molecule has 1 aromatic carbocycles. The maximum atomic E-state index is 4.73. The highest BCUT2D eigenvalue weighted by atomic mass is 14.9. The first-order chi connectivity index (χ1) is 11.9. The van der Waals surface area contributed by atoms with Crippen molar-refractivity contribution in [2.75, 3.05) is 0 Å². The zero-order valence-electron chi connectivity index (χ0n) is 12.9. The van der Waals surface area contributed by atoms with Gasteiger partial charge in [-0.25, -0.2) is 9.97 Å². The van der Waals surface area contributed by atoms with Crippen molar-refractivity contribution in [3.05, 3.63) is 85.5 Å². The lowest BCUT2D eigenvalue weighted by Crippen LogP contribution is -1.96. The summed E-state index contributed by atoms with van der Waals surface area (Å²) in [5.74, 6) is 0.656. The van der Waals surface area contributed by atoms with Crippen LogP contribution in [0.4, 0.5) is 0 Å². The largest absolute Gasteiger partial charge is 0.264 e. The molecule has 0 spiro atoms. The molecule has 4 aromatic rings. The number of hydrogen-bond donors (Lipinski definition) is 0. The van der Waals surface area contributed by atoms with Gasteiger partial charge in [0.15, 0.2) is 5.82 Å². The molecule has 4 rings (SSSR count). The molecule has 0 aliphatic rings. The molecule has 0 unspecified atom stereocenters. The van der Waals surface area contributed by atoms with Gasteiger partial charge in [-0.15, -0.1) is 0 Å². The molecule has 114 valence electrons. The van der Waals surface area contributed by atoms with Gasteiger partial charge in [0.1, 0.15) is 0 Å². The molecular weight excluding hydrogens is 296 g/mol. The first kappa shape index (κ1) is 14.2. The van der Waals surface area contributed by atoms with Gasteiger partial charge in [-0.1, -0.05) is 30.3 Å². The minimum atomic E-state index is 0.656. The Hall–Kier alpha value is -3.40. The smallest absolute Gasteiger partial charge is 0.161 e. The fourth-order valence-corrected chi connectivity index (χ4v) is 2.49. The minimum absolute atomic E-state index is 0.656. The third-order valence-electron chi connectivity index (χ3n) is 3.67. The lowest BCUT2D eigenvalue weighted by atomic mass is 10.1. The number of aromatic nitrogens is 4. The minimum Gasteiger partial charge on any atom is -0.264 e. The molecule has 0 N–H and O–H groups in total. The summed E-state index contributed by atoms with van der Waals surface area (Å²) in [4.78, 5) is 17.8. The van der Waals surface area contributed by atoms with Crippen LogP contribution in [-0.4, -0.2) is 19.9 Å². The molecule has 3 aromatic heterocycles. The van der Waals surface area contributed by atoms with Crippen LogP contribution in [0.15, 0.2) is 85.5 Å². The standard InChI is InChI=1S/C20H14N4/c1-2-6-15(7-3-1)18-12-19(16-8-4-10-21-13-16)24-20(23-18)17-9-5-11-22-14-17/h1-14H. The van der Waals surface area contributed by atoms with Gasteiger partial charge in [-0.2, -0.15) is 0 Å². The van der Waals surface area contributed by atoms with Crippen LogP contribution >= 0.6 is 0 Å². The van der Waals surface area contributed by atoms with E-state index in [1.54, 1.807) is 18.6 Å². The first-order valence-electron chi connectivity index (χ1n) is 7.65. The van der Waals surface area contributed by atoms with Crippen molar-refractivity contribution in [3.8, 4) is 33.9 Å². The van der Waals surface area contributed by atoms with Crippen LogP contribution in [0, 0.1) is 0 Å². The van der Waals surface area contributed by atoms with Gasteiger partial charge in [0, 0.05) is 41.5 Å². The second-order valence-electron chi connectivity index (χ2n) is 5.31. The quantitative estimate of drug-likeness (QED) is 0.567. The van der Waals surface area contributed by atoms with E-state index in [2.05, 4.69) is 9.97 Å². The fraction of sp³-hybridized carbons (Fsp3) is 0. The fourth-order valence-electron chi connectivity index (χ4n) is 2.49. The summed E-state index contributed by atoms with van der Waals surface area (Å²) in [6.07, 6.45) is 7.08. The van der Waals surface area contributed by atoms with Crippen LogP contribution < -0.4 is 0 Å². The highest BCUT2D eigenvalue weighted by Gasteiger charge is 2.10. The number of rotatable bonds is 3. The monoisotopic (exact) mass is 310 g/mol. The predicted molar refractivity (Wildman–Crippen MR) is 93.9 cm³/mol. The topological polar surface area (TPSA) is 51.6 Å². The number of hydrogen-bond acceptors (Lipinski definition) is 4. The van der Waals surface area contributed by atoms with Crippen molar-refractivity contribution in [1.82, 2.24) is 19.9 Å². The van der Waals surface area contributed by atoms with E-state index in [1.807, 2.05) is 66.9 Å². The molecule has 0 amide bonds. The first-order valence-corrected chi connectivity index (χ1v) is 7.65. The van der Waals surface area contributed by atoms with Gasteiger partial charge in [-0.05, 0) is 30.3 Å². The summed E-state index contributed by atoms with van der Waals surface area (Å²) in [5.41, 5.74) is 4.62. The summed E-state index contributed by atoms with van der Waals surface area (Å²) >= 11 is 0. The van der Waals surface area contributed by atoms with E-state index in [9.17, 15) is 0 Å². The van der Waals surface area contributed by atoms with E-state index in [0.29, 0.717) is 5.82 Å². The van der Waals surface area contributed by atoms with E-state index >= 15 is 0 Å². The van der Waals surface area contributed by atoms with Crippen molar-refractivity contribution < 1.29 is 0 Å². The Bertz CT molecular complexity index is 799. The summed E-state index contributed by atoms with van der Waals surface area (Å²) in [6.45, 7) is 0. The molecular formula is C20H14N4. The molecule has 0 radical (unpaired) electrons. The summed E-state index contributed by atoms with van der Waals surface area (Å²) in [6, 6.07) is 19.8. The van der Waals surface area contributed by atoms with Crippen molar-refractivity contribution in [2.24, 2.45) is 0 Å². The molecule has 0 saturated carbocycles. The van der Waals surface area contributed by atoms with E-state index in [1.165, 1.54) is 0 Å². The molecule has 0 aliphatic carbocycles. The maximum Gasteiger partial charge on any atom is 0.161 e. The predicted octanol–water partition coefficient (Wildman–Crippen LogP) is 4.27. The zero-order valence-corrected chi connectivity index (χ0v) is 12.9. The van der Waals surface area contributed by atoms with Crippen LogP contribution in [0.25, 0.3) is 33.9 Å². The van der Waals surface area contributed by atoms with Gasteiger partial charge in [0.2, 0.25) is 0 Å². The number of pyridine rings is 2. The van der Waals surface area contributed by atoms with Crippen LogP contribution in [0.3, 0.4) is 0 Å². The second-order valence-corrected chi connectivity index (χ2v) is 5.31. The molecule has 0 aliphatic heterocycles. The van der Waals surface area contributed by atoms with Gasteiger partial charge >= 0.3 is 0 Å². The van der Waals surface area contributed by atoms with Crippen LogP contribution in [0.1, 0.15) is 0 Å². The van der Waals surface area contributed by atoms with Gasteiger partial charge in [0.05, 0.1) is 11.4 Å². The Morgan fingerprint density at radius 1 is 0.542 bits per heavy atom. The Kier molecular flexibility index (Phi) is 3.78. The van der Waals surface area contributed by atoms with Crippen molar-refractivity contribution in [2.45, 2.75) is 0 Å². The zero-order chi connectivity index (χ0) is 16.2. The second kappa shape index (κ2) is 6.38. The van der Waals surface area contributed by atoms with E-state index in [0.717, 1.165) is 28.1 Å². The third-order valence-corrected chi connectivity index (χ3v) is 3.67. The Morgan fingerprint density at radius 3 is 1.75 bits per heavy atom. The molecule has 0 fully saturated rings. The summed E-state index contributed by atoms with van der Waals surface area (Å²) in [5, 5.41) is 0. The molecule has 24 heavy (non-hydrogen) atoms. The van der Waals surface area contributed by atoms with Crippen LogP contribution in [-0.2, 0) is 0 Å². The molecule has 0 saturated heterocycles. The van der Waals surface area contributed by atoms with Crippen molar-refractivity contribution in [1.29, 1.82) is 0 Å². The Labute approximate surface area is 139 Å². The summed E-state index contributed by atoms with van der Waals surface area (Å²) < 4.78 is 0. The maximum absolute atomic E-state index is 4.73. The average Bonchev–Trinajstić information content (AvgIpc) is 2.70. The number of nitrogens with zero attached hydrogens (tertiary/aromatic N) is 4. The molecule has 4 nitrogen and oxygen atoms in total. The summed E-state index contributed by atoms with van der Waals surface area (Å²) in [7, 11) is 0. The highest BCUT2D eigenvalue weighted by molar-refractivity contribution is 5.70. The lowest BCUT2D eigenvalue weighted by Gasteiger charge is -2.08. The van der Waals surface area contributed by atoms with E-state index in [4.69, 9.17) is 9.97 Å². The van der Waals surface area contributed by atoms with Crippen LogP contribution in [0.2, 0.25) is 0 Å². The van der Waals surface area contributed by atoms with Crippen molar-refractivity contribution >= 4 is 0 Å². The Morgan fingerprint density at radius 2 is 1.12 bits per heavy atom. The molecule has 3 heterocycles. The van der Waals surface area contributed by atoms with Gasteiger partial charge in [0.25, 0.3) is 0 Å². The van der Waals surface area contributed by atoms with Gasteiger partial charge in [-0.3, -0.25) is 9.97 Å². The molecule has 4 heteroatoms. The van der Waals surface area contributed by atoms with Crippen molar-refractivity contribution in [3.63, 3.8) is 0 Å². The molecule has 0 bridgehead atoms. The average molecular weight is 310 g/mol. The molecule has 0 atom stereocenters. The highest BCUT2D eigenvalue weighted by Crippen LogP contribution is 2.26.